The number of furan rings is 1. The third-order valence-corrected chi connectivity index (χ3v) is 4.05. The summed E-state index contributed by atoms with van der Waals surface area (Å²) in [5.41, 5.74) is 4.84. The van der Waals surface area contributed by atoms with Crippen LogP contribution in [-0.4, -0.2) is 20.1 Å². The second-order valence-electron chi connectivity index (χ2n) is 5.83. The maximum absolute atomic E-state index is 9.10. The van der Waals surface area contributed by atoms with Gasteiger partial charge in [-0.25, -0.2) is 4.68 Å². The number of hydrogen-bond donors (Lipinski definition) is 1. The molecule has 2 heterocycles. The average Bonchev–Trinajstić information content (AvgIpc) is 3.35. The van der Waals surface area contributed by atoms with Gasteiger partial charge in [-0.15, -0.1) is 5.10 Å². The van der Waals surface area contributed by atoms with Crippen molar-refractivity contribution >= 4 is 0 Å². The van der Waals surface area contributed by atoms with Crippen LogP contribution < -0.4 is 0 Å². The lowest BCUT2D eigenvalue weighted by molar-refractivity contribution is 0.282. The molecule has 2 aromatic carbocycles. The van der Waals surface area contributed by atoms with Gasteiger partial charge in [-0.3, -0.25) is 0 Å². The summed E-state index contributed by atoms with van der Waals surface area (Å²) in [7, 11) is 0. The van der Waals surface area contributed by atoms with Crippen molar-refractivity contribution in [1.29, 1.82) is 0 Å². The zero-order valence-corrected chi connectivity index (χ0v) is 13.5. The molecular formula is C20H17N3O2. The molecule has 0 aliphatic rings. The summed E-state index contributed by atoms with van der Waals surface area (Å²) < 4.78 is 7.26. The molecule has 0 amide bonds. The maximum Gasteiger partial charge on any atom is 0.133 e. The van der Waals surface area contributed by atoms with E-state index in [1.165, 1.54) is 0 Å². The van der Waals surface area contributed by atoms with Gasteiger partial charge in [0.15, 0.2) is 0 Å². The molecule has 2 aromatic heterocycles. The monoisotopic (exact) mass is 331 g/mol. The molecule has 4 aromatic rings. The molecule has 5 heteroatoms. The third kappa shape index (κ3) is 3.36. The summed E-state index contributed by atoms with van der Waals surface area (Å²) in [6.07, 6.45) is 3.60. The number of aliphatic hydroxyl groups excluding tert-OH is 1. The van der Waals surface area contributed by atoms with Crippen LogP contribution in [0.5, 0.6) is 0 Å². The number of benzene rings is 2. The Morgan fingerprint density at radius 1 is 0.920 bits per heavy atom. The Balaban J connectivity index is 1.55. The highest BCUT2D eigenvalue weighted by Crippen LogP contribution is 2.25. The molecule has 0 bridgehead atoms. The molecule has 0 unspecified atom stereocenters. The molecule has 4 rings (SSSR count). The van der Waals surface area contributed by atoms with Crippen LogP contribution in [0.25, 0.3) is 22.6 Å². The predicted molar refractivity (Wildman–Crippen MR) is 94.6 cm³/mol. The smallest absolute Gasteiger partial charge is 0.133 e. The Hall–Kier alpha value is -3.18. The van der Waals surface area contributed by atoms with Crippen molar-refractivity contribution in [2.45, 2.75) is 13.2 Å². The average molecular weight is 331 g/mol. The lowest BCUT2D eigenvalue weighted by Gasteiger charge is -2.02. The van der Waals surface area contributed by atoms with Crippen molar-refractivity contribution in [2.24, 2.45) is 0 Å². The fourth-order valence-electron chi connectivity index (χ4n) is 2.72. The topological polar surface area (TPSA) is 64.1 Å². The van der Waals surface area contributed by atoms with Gasteiger partial charge in [0.2, 0.25) is 0 Å². The van der Waals surface area contributed by atoms with Gasteiger partial charge >= 0.3 is 0 Å². The number of hydrogen-bond acceptors (Lipinski definition) is 4. The highest BCUT2D eigenvalue weighted by atomic mass is 16.3. The van der Waals surface area contributed by atoms with Gasteiger partial charge in [0.05, 0.1) is 25.6 Å². The van der Waals surface area contributed by atoms with Crippen LogP contribution >= 0.6 is 0 Å². The standard InChI is InChI=1S/C20H17N3O2/c24-14-16-8-6-15(7-9-16)12-23-13-19(21-22-23)17-3-1-4-18(11-17)20-5-2-10-25-20/h1-11,13,24H,12,14H2. The first-order valence-corrected chi connectivity index (χ1v) is 8.05. The van der Waals surface area contributed by atoms with E-state index < -0.39 is 0 Å². The van der Waals surface area contributed by atoms with Gasteiger partial charge in [-0.05, 0) is 29.3 Å². The number of aromatic nitrogens is 3. The molecule has 25 heavy (non-hydrogen) atoms. The third-order valence-electron chi connectivity index (χ3n) is 4.05. The second kappa shape index (κ2) is 6.75. The Morgan fingerprint density at radius 3 is 2.48 bits per heavy atom. The Labute approximate surface area is 145 Å². The second-order valence-corrected chi connectivity index (χ2v) is 5.83. The highest BCUT2D eigenvalue weighted by Gasteiger charge is 2.07. The van der Waals surface area contributed by atoms with E-state index in [2.05, 4.69) is 10.3 Å². The maximum atomic E-state index is 9.10. The fraction of sp³-hybridized carbons (Fsp3) is 0.100. The SMILES string of the molecule is OCc1ccc(Cn2cc(-c3cccc(-c4ccco4)c3)nn2)cc1. The first kappa shape index (κ1) is 15.4. The van der Waals surface area contributed by atoms with Crippen molar-refractivity contribution in [3.05, 3.63) is 84.3 Å². The van der Waals surface area contributed by atoms with Crippen LogP contribution in [0.1, 0.15) is 11.1 Å². The molecular weight excluding hydrogens is 314 g/mol. The van der Waals surface area contributed by atoms with Crippen LogP contribution in [0.15, 0.2) is 77.5 Å². The molecule has 0 spiro atoms. The minimum absolute atomic E-state index is 0.0553. The van der Waals surface area contributed by atoms with Crippen LogP contribution in [0.4, 0.5) is 0 Å². The molecule has 0 atom stereocenters. The van der Waals surface area contributed by atoms with Crippen LogP contribution in [0.2, 0.25) is 0 Å². The Kier molecular flexibility index (Phi) is 4.14. The quantitative estimate of drug-likeness (QED) is 0.605. The molecule has 5 nitrogen and oxygen atoms in total. The van der Waals surface area contributed by atoms with E-state index in [1.807, 2.05) is 71.5 Å². The molecule has 0 saturated carbocycles. The van der Waals surface area contributed by atoms with Crippen molar-refractivity contribution in [2.75, 3.05) is 0 Å². The summed E-state index contributed by atoms with van der Waals surface area (Å²) in [5, 5.41) is 17.6. The van der Waals surface area contributed by atoms with Crippen molar-refractivity contribution in [3.8, 4) is 22.6 Å². The van der Waals surface area contributed by atoms with Crippen molar-refractivity contribution in [3.63, 3.8) is 0 Å². The lowest BCUT2D eigenvalue weighted by Crippen LogP contribution is -2.00. The van der Waals surface area contributed by atoms with E-state index in [1.54, 1.807) is 6.26 Å². The first-order valence-electron chi connectivity index (χ1n) is 8.05. The van der Waals surface area contributed by atoms with Crippen molar-refractivity contribution < 1.29 is 9.52 Å². The molecule has 0 saturated heterocycles. The Bertz CT molecular complexity index is 957. The van der Waals surface area contributed by atoms with Gasteiger partial charge in [0, 0.05) is 11.1 Å². The van der Waals surface area contributed by atoms with Crippen LogP contribution in [-0.2, 0) is 13.2 Å². The normalized spacial score (nSPS) is 10.9. The molecule has 1 N–H and O–H groups in total. The molecule has 0 radical (unpaired) electrons. The van der Waals surface area contributed by atoms with Gasteiger partial charge in [-0.2, -0.15) is 0 Å². The van der Waals surface area contributed by atoms with E-state index >= 15 is 0 Å². The minimum atomic E-state index is 0.0553. The molecule has 124 valence electrons. The minimum Gasteiger partial charge on any atom is -0.464 e. The summed E-state index contributed by atoms with van der Waals surface area (Å²) in [4.78, 5) is 0. The summed E-state index contributed by atoms with van der Waals surface area (Å²) in [6, 6.07) is 19.7. The highest BCUT2D eigenvalue weighted by molar-refractivity contribution is 5.68. The number of rotatable bonds is 5. The number of aliphatic hydroxyl groups is 1. The van der Waals surface area contributed by atoms with Crippen LogP contribution in [0.3, 0.4) is 0 Å². The van der Waals surface area contributed by atoms with Gasteiger partial charge in [0.1, 0.15) is 11.5 Å². The van der Waals surface area contributed by atoms with Gasteiger partial charge in [0.25, 0.3) is 0 Å². The predicted octanol–water partition coefficient (Wildman–Crippen LogP) is 3.75. The Morgan fingerprint density at radius 2 is 1.72 bits per heavy atom. The zero-order chi connectivity index (χ0) is 17.1. The van der Waals surface area contributed by atoms with Crippen molar-refractivity contribution in [1.82, 2.24) is 15.0 Å². The lowest BCUT2D eigenvalue weighted by atomic mass is 10.1. The van der Waals surface area contributed by atoms with Crippen LogP contribution in [0, 0.1) is 0 Å². The summed E-state index contributed by atoms with van der Waals surface area (Å²) in [5.74, 6) is 0.832. The summed E-state index contributed by atoms with van der Waals surface area (Å²) in [6.45, 7) is 0.691. The largest absolute Gasteiger partial charge is 0.464 e. The zero-order valence-electron chi connectivity index (χ0n) is 13.5. The van der Waals surface area contributed by atoms with E-state index in [0.29, 0.717) is 6.54 Å². The van der Waals surface area contributed by atoms with Gasteiger partial charge < -0.3 is 9.52 Å². The van der Waals surface area contributed by atoms with E-state index in [0.717, 1.165) is 33.7 Å². The number of nitrogens with zero attached hydrogens (tertiary/aromatic N) is 3. The van der Waals surface area contributed by atoms with Gasteiger partial charge in [-0.1, -0.05) is 47.7 Å². The first-order chi connectivity index (χ1) is 12.3. The van der Waals surface area contributed by atoms with E-state index in [9.17, 15) is 0 Å². The molecule has 0 fully saturated rings. The van der Waals surface area contributed by atoms with E-state index in [4.69, 9.17) is 9.52 Å². The summed E-state index contributed by atoms with van der Waals surface area (Å²) >= 11 is 0. The molecule has 0 aliphatic carbocycles. The fourth-order valence-corrected chi connectivity index (χ4v) is 2.72. The molecule has 0 aliphatic heterocycles. The van der Waals surface area contributed by atoms with E-state index in [-0.39, 0.29) is 6.61 Å².